The van der Waals surface area contributed by atoms with Crippen LogP contribution >= 0.6 is 0 Å². The molecule has 0 aliphatic heterocycles. The van der Waals surface area contributed by atoms with Gasteiger partial charge in [-0.1, -0.05) is 30.3 Å². The number of aliphatic hydroxyl groups is 2. The molecule has 1 aromatic rings. The second-order valence-corrected chi connectivity index (χ2v) is 6.86. The zero-order valence-electron chi connectivity index (χ0n) is 16.7. The normalized spacial score (nSPS) is 15.8. The highest BCUT2D eigenvalue weighted by atomic mass is 16.4. The van der Waals surface area contributed by atoms with Crippen LogP contribution in [0.5, 0.6) is 0 Å². The van der Waals surface area contributed by atoms with Crippen LogP contribution in [0, 0.1) is 0 Å². The number of carboxylic acid groups (broad SMARTS) is 1. The number of carbonyl (C=O) groups excluding carboxylic acids is 3. The third-order valence-corrected chi connectivity index (χ3v) is 4.19. The fraction of sp³-hybridized carbons (Fsp3) is 0.474. The molecule has 5 atom stereocenters. The van der Waals surface area contributed by atoms with Crippen molar-refractivity contribution in [1.82, 2.24) is 16.0 Å². The van der Waals surface area contributed by atoms with Gasteiger partial charge in [0.15, 0.2) is 6.04 Å². The van der Waals surface area contributed by atoms with E-state index in [0.29, 0.717) is 0 Å². The Kier molecular flexibility index (Phi) is 9.89. The number of hydrogen-bond acceptors (Lipinski definition) is 7. The van der Waals surface area contributed by atoms with E-state index in [0.717, 1.165) is 5.56 Å². The van der Waals surface area contributed by atoms with Crippen molar-refractivity contribution < 1.29 is 34.5 Å². The summed E-state index contributed by atoms with van der Waals surface area (Å²) in [6.45, 7) is 1.89. The van der Waals surface area contributed by atoms with Crippen LogP contribution in [-0.4, -0.2) is 75.9 Å². The highest BCUT2D eigenvalue weighted by Crippen LogP contribution is 2.02. The molecule has 0 radical (unpaired) electrons. The van der Waals surface area contributed by atoms with Crippen LogP contribution in [0.4, 0.5) is 0 Å². The topological polar surface area (TPSA) is 191 Å². The molecule has 0 spiro atoms. The van der Waals surface area contributed by atoms with Gasteiger partial charge in [-0.05, 0) is 25.8 Å². The molecular weight excluding hydrogens is 396 g/mol. The van der Waals surface area contributed by atoms with Gasteiger partial charge in [-0.25, -0.2) is 4.79 Å². The number of carbonyl (C=O) groups is 4. The number of hydrogen-bond donors (Lipinski definition) is 7. The predicted octanol–water partition coefficient (Wildman–Crippen LogP) is -2.51. The van der Waals surface area contributed by atoms with Gasteiger partial charge in [0.25, 0.3) is 0 Å². The summed E-state index contributed by atoms with van der Waals surface area (Å²) in [5.41, 5.74) is 6.67. The van der Waals surface area contributed by atoms with Gasteiger partial charge in [0.05, 0.1) is 24.8 Å². The summed E-state index contributed by atoms with van der Waals surface area (Å²) in [5, 5.41) is 34.8. The molecule has 0 aliphatic carbocycles. The first kappa shape index (κ1) is 25.0. The van der Waals surface area contributed by atoms with Gasteiger partial charge in [-0.2, -0.15) is 0 Å². The zero-order chi connectivity index (χ0) is 22.8. The maximum atomic E-state index is 12.2. The average molecular weight is 424 g/mol. The molecule has 0 heterocycles. The minimum atomic E-state index is -1.62. The van der Waals surface area contributed by atoms with Crippen LogP contribution in [0.2, 0.25) is 0 Å². The summed E-state index contributed by atoms with van der Waals surface area (Å²) in [4.78, 5) is 47.4. The fourth-order valence-corrected chi connectivity index (χ4v) is 2.52. The number of amides is 3. The Labute approximate surface area is 173 Å². The molecule has 0 aliphatic rings. The second kappa shape index (κ2) is 11.9. The summed E-state index contributed by atoms with van der Waals surface area (Å²) >= 11 is 0. The molecule has 0 saturated heterocycles. The monoisotopic (exact) mass is 424 g/mol. The highest BCUT2D eigenvalue weighted by Gasteiger charge is 2.31. The van der Waals surface area contributed by atoms with Crippen LogP contribution in [0.15, 0.2) is 30.3 Å². The second-order valence-electron chi connectivity index (χ2n) is 6.86. The Hall–Kier alpha value is -3.02. The molecule has 166 valence electrons. The van der Waals surface area contributed by atoms with E-state index in [2.05, 4.69) is 10.6 Å². The number of benzene rings is 1. The molecule has 0 aromatic heterocycles. The van der Waals surface area contributed by atoms with Gasteiger partial charge < -0.3 is 37.0 Å². The standard InChI is InChI=1S/C19H28N4O7/c1-10(24)15(18(28)23-16(11(2)25)19(29)30)22-14(26)9-21-17(27)13(20)8-12-6-4-3-5-7-12/h3-7,10-11,13,15-16,24-25H,8-9,20H2,1-2H3,(H,21,27)(H,22,26)(H,23,28)(H,29,30). The zero-order valence-corrected chi connectivity index (χ0v) is 16.7. The van der Waals surface area contributed by atoms with Gasteiger partial charge in [0.1, 0.15) is 6.04 Å². The van der Waals surface area contributed by atoms with E-state index in [4.69, 9.17) is 10.8 Å². The molecule has 5 unspecified atom stereocenters. The highest BCUT2D eigenvalue weighted by molar-refractivity contribution is 5.93. The van der Waals surface area contributed by atoms with Crippen LogP contribution in [0.3, 0.4) is 0 Å². The van der Waals surface area contributed by atoms with Gasteiger partial charge in [-0.3, -0.25) is 14.4 Å². The molecule has 3 amide bonds. The first-order chi connectivity index (χ1) is 14.0. The summed E-state index contributed by atoms with van der Waals surface area (Å²) in [6, 6.07) is 5.06. The van der Waals surface area contributed by atoms with Crippen molar-refractivity contribution in [2.24, 2.45) is 5.73 Å². The van der Waals surface area contributed by atoms with Crippen molar-refractivity contribution in [3.05, 3.63) is 35.9 Å². The molecule has 8 N–H and O–H groups in total. The number of nitrogens with two attached hydrogens (primary N) is 1. The SMILES string of the molecule is CC(O)C(NC(=O)C(NC(=O)CNC(=O)C(N)Cc1ccccc1)C(C)O)C(=O)O. The molecular formula is C19H28N4O7. The van der Waals surface area contributed by atoms with Crippen LogP contribution in [0.25, 0.3) is 0 Å². The van der Waals surface area contributed by atoms with Crippen LogP contribution in [0.1, 0.15) is 19.4 Å². The fourth-order valence-electron chi connectivity index (χ4n) is 2.52. The Morgan fingerprint density at radius 2 is 1.50 bits per heavy atom. The van der Waals surface area contributed by atoms with E-state index < -0.39 is 60.6 Å². The van der Waals surface area contributed by atoms with Gasteiger partial charge in [-0.15, -0.1) is 0 Å². The summed E-state index contributed by atoms with van der Waals surface area (Å²) in [6.07, 6.45) is -2.50. The van der Waals surface area contributed by atoms with E-state index in [9.17, 15) is 29.4 Å². The maximum Gasteiger partial charge on any atom is 0.328 e. The number of aliphatic hydroxyl groups excluding tert-OH is 2. The molecule has 0 bridgehead atoms. The summed E-state index contributed by atoms with van der Waals surface area (Å²) in [5.74, 6) is -3.85. The van der Waals surface area contributed by atoms with Crippen molar-refractivity contribution in [2.45, 2.75) is 50.6 Å². The number of rotatable bonds is 11. The first-order valence-corrected chi connectivity index (χ1v) is 9.28. The van der Waals surface area contributed by atoms with Gasteiger partial charge in [0.2, 0.25) is 17.7 Å². The Bertz CT molecular complexity index is 740. The smallest absolute Gasteiger partial charge is 0.328 e. The van der Waals surface area contributed by atoms with Gasteiger partial charge >= 0.3 is 5.97 Å². The Morgan fingerprint density at radius 1 is 0.933 bits per heavy atom. The Morgan fingerprint density at radius 3 is 2.00 bits per heavy atom. The minimum absolute atomic E-state index is 0.267. The molecule has 11 heteroatoms. The lowest BCUT2D eigenvalue weighted by Crippen LogP contribution is -2.59. The Balaban J connectivity index is 2.59. The first-order valence-electron chi connectivity index (χ1n) is 9.28. The third-order valence-electron chi connectivity index (χ3n) is 4.19. The molecule has 1 aromatic carbocycles. The van der Waals surface area contributed by atoms with E-state index >= 15 is 0 Å². The van der Waals surface area contributed by atoms with Gasteiger partial charge in [0, 0.05) is 0 Å². The number of carboxylic acids is 1. The molecule has 11 nitrogen and oxygen atoms in total. The van der Waals surface area contributed by atoms with E-state index in [1.54, 1.807) is 12.1 Å². The lowest BCUT2D eigenvalue weighted by molar-refractivity contribution is -0.145. The molecule has 0 saturated carbocycles. The maximum absolute atomic E-state index is 12.2. The van der Waals surface area contributed by atoms with Crippen molar-refractivity contribution in [3.63, 3.8) is 0 Å². The summed E-state index contributed by atoms with van der Waals surface area (Å²) < 4.78 is 0. The number of aliphatic carboxylic acids is 1. The van der Waals surface area contributed by atoms with E-state index in [1.165, 1.54) is 13.8 Å². The largest absolute Gasteiger partial charge is 0.480 e. The van der Waals surface area contributed by atoms with Crippen molar-refractivity contribution in [2.75, 3.05) is 6.54 Å². The van der Waals surface area contributed by atoms with Crippen LogP contribution < -0.4 is 21.7 Å². The number of nitrogens with one attached hydrogen (secondary N) is 3. The third kappa shape index (κ3) is 8.15. The van der Waals surface area contributed by atoms with Crippen molar-refractivity contribution in [1.29, 1.82) is 0 Å². The van der Waals surface area contributed by atoms with E-state index in [-0.39, 0.29) is 6.42 Å². The van der Waals surface area contributed by atoms with Crippen LogP contribution in [-0.2, 0) is 25.6 Å². The molecule has 30 heavy (non-hydrogen) atoms. The quantitative estimate of drug-likeness (QED) is 0.202. The van der Waals surface area contributed by atoms with E-state index in [1.807, 2.05) is 23.5 Å². The summed E-state index contributed by atoms with van der Waals surface area (Å²) in [7, 11) is 0. The lowest BCUT2D eigenvalue weighted by atomic mass is 10.1. The average Bonchev–Trinajstić information content (AvgIpc) is 2.68. The minimum Gasteiger partial charge on any atom is -0.480 e. The molecule has 0 fully saturated rings. The molecule has 1 rings (SSSR count). The van der Waals surface area contributed by atoms with Crippen molar-refractivity contribution in [3.8, 4) is 0 Å². The predicted molar refractivity (Wildman–Crippen MR) is 106 cm³/mol. The lowest BCUT2D eigenvalue weighted by Gasteiger charge is -2.24. The van der Waals surface area contributed by atoms with Crippen molar-refractivity contribution >= 4 is 23.7 Å².